The van der Waals surface area contributed by atoms with Crippen molar-refractivity contribution in [1.29, 1.82) is 0 Å². The molecule has 0 amide bonds. The molecule has 19 heavy (non-hydrogen) atoms. The third kappa shape index (κ3) is 4.20. The molecule has 0 saturated heterocycles. The van der Waals surface area contributed by atoms with Crippen LogP contribution in [0.1, 0.15) is 65.7 Å². The maximum atomic E-state index is 11.0. The first kappa shape index (κ1) is 14.8. The predicted octanol–water partition coefficient (Wildman–Crippen LogP) is 3.43. The number of carboxylic acids is 1. The Balaban J connectivity index is 1.80. The molecule has 0 aromatic heterocycles. The van der Waals surface area contributed by atoms with Crippen molar-refractivity contribution >= 4 is 5.97 Å². The number of nitrogens with one attached hydrogen (secondary N) is 1. The van der Waals surface area contributed by atoms with Crippen molar-refractivity contribution < 1.29 is 9.90 Å². The molecule has 2 aliphatic rings. The van der Waals surface area contributed by atoms with Gasteiger partial charge in [-0.1, -0.05) is 20.8 Å². The zero-order chi connectivity index (χ0) is 14.0. The molecule has 0 aromatic rings. The van der Waals surface area contributed by atoms with Gasteiger partial charge in [-0.3, -0.25) is 4.79 Å². The van der Waals surface area contributed by atoms with Crippen LogP contribution in [0.25, 0.3) is 0 Å². The topological polar surface area (TPSA) is 49.3 Å². The Bertz CT molecular complexity index is 319. The van der Waals surface area contributed by atoms with Crippen molar-refractivity contribution in [2.45, 2.75) is 77.8 Å². The minimum Gasteiger partial charge on any atom is -0.481 e. The highest BCUT2D eigenvalue weighted by atomic mass is 16.4. The molecule has 3 heteroatoms. The van der Waals surface area contributed by atoms with Gasteiger partial charge in [-0.15, -0.1) is 0 Å². The first-order chi connectivity index (χ1) is 8.85. The lowest BCUT2D eigenvalue weighted by atomic mass is 9.70. The Labute approximate surface area is 117 Å². The van der Waals surface area contributed by atoms with Gasteiger partial charge in [0.25, 0.3) is 0 Å². The van der Waals surface area contributed by atoms with Crippen LogP contribution < -0.4 is 5.32 Å². The van der Waals surface area contributed by atoms with Crippen molar-refractivity contribution in [2.75, 3.05) is 0 Å². The Morgan fingerprint density at radius 2 is 1.74 bits per heavy atom. The molecular formula is C16H29NO2. The standard InChI is InChI=1S/C16H29NO2/c1-11-8-14(10-16(2,3)9-11)17-13-6-4-12(5-7-13)15(18)19/h11-14,17H,4-10H2,1-3H3,(H,18,19). The molecule has 0 radical (unpaired) electrons. The number of aliphatic carboxylic acids is 1. The summed E-state index contributed by atoms with van der Waals surface area (Å²) < 4.78 is 0. The second-order valence-electron chi connectivity index (χ2n) is 7.66. The van der Waals surface area contributed by atoms with E-state index >= 15 is 0 Å². The van der Waals surface area contributed by atoms with Crippen LogP contribution in [0.15, 0.2) is 0 Å². The van der Waals surface area contributed by atoms with Crippen LogP contribution in [-0.2, 0) is 4.79 Å². The maximum Gasteiger partial charge on any atom is 0.306 e. The van der Waals surface area contributed by atoms with E-state index in [-0.39, 0.29) is 5.92 Å². The molecule has 2 aliphatic carbocycles. The number of hydrogen-bond donors (Lipinski definition) is 2. The van der Waals surface area contributed by atoms with Gasteiger partial charge in [-0.25, -0.2) is 0 Å². The van der Waals surface area contributed by atoms with Gasteiger partial charge in [0.2, 0.25) is 0 Å². The van der Waals surface area contributed by atoms with Crippen molar-refractivity contribution in [1.82, 2.24) is 5.32 Å². The van der Waals surface area contributed by atoms with E-state index in [2.05, 4.69) is 26.1 Å². The summed E-state index contributed by atoms with van der Waals surface area (Å²) in [6.45, 7) is 7.11. The molecule has 2 unspecified atom stereocenters. The van der Waals surface area contributed by atoms with Crippen LogP contribution in [0, 0.1) is 17.3 Å². The molecule has 3 nitrogen and oxygen atoms in total. The maximum absolute atomic E-state index is 11.0. The van der Waals surface area contributed by atoms with E-state index in [4.69, 9.17) is 5.11 Å². The molecule has 0 aromatic carbocycles. The highest BCUT2D eigenvalue weighted by Crippen LogP contribution is 2.39. The lowest BCUT2D eigenvalue weighted by molar-refractivity contribution is -0.142. The second-order valence-corrected chi connectivity index (χ2v) is 7.66. The fourth-order valence-electron chi connectivity index (χ4n) is 4.31. The molecule has 0 heterocycles. The quantitative estimate of drug-likeness (QED) is 0.823. The number of rotatable bonds is 3. The molecule has 0 bridgehead atoms. The van der Waals surface area contributed by atoms with Crippen LogP contribution in [0.4, 0.5) is 0 Å². The number of carboxylic acid groups (broad SMARTS) is 1. The number of hydrogen-bond acceptors (Lipinski definition) is 2. The van der Waals surface area contributed by atoms with Crippen molar-refractivity contribution in [2.24, 2.45) is 17.3 Å². The van der Waals surface area contributed by atoms with Crippen LogP contribution in [0.5, 0.6) is 0 Å². The van der Waals surface area contributed by atoms with E-state index in [0.29, 0.717) is 17.5 Å². The van der Waals surface area contributed by atoms with E-state index in [1.807, 2.05) is 0 Å². The van der Waals surface area contributed by atoms with Gasteiger partial charge in [-0.2, -0.15) is 0 Å². The minimum absolute atomic E-state index is 0.0974. The Morgan fingerprint density at radius 1 is 1.11 bits per heavy atom. The van der Waals surface area contributed by atoms with Gasteiger partial charge in [-0.05, 0) is 56.3 Å². The Kier molecular flexibility index (Phi) is 4.54. The minimum atomic E-state index is -0.606. The third-order valence-corrected chi connectivity index (χ3v) is 4.93. The Morgan fingerprint density at radius 3 is 2.26 bits per heavy atom. The normalized spacial score (nSPS) is 38.9. The summed E-state index contributed by atoms with van der Waals surface area (Å²) in [5, 5.41) is 12.8. The lowest BCUT2D eigenvalue weighted by Gasteiger charge is -2.41. The van der Waals surface area contributed by atoms with Crippen LogP contribution in [0.3, 0.4) is 0 Å². The zero-order valence-electron chi connectivity index (χ0n) is 12.6. The molecule has 2 atom stereocenters. The molecule has 0 spiro atoms. The molecule has 2 N–H and O–H groups in total. The monoisotopic (exact) mass is 267 g/mol. The average Bonchev–Trinajstić information content (AvgIpc) is 2.26. The first-order valence-electron chi connectivity index (χ1n) is 7.84. The zero-order valence-corrected chi connectivity index (χ0v) is 12.6. The third-order valence-electron chi connectivity index (χ3n) is 4.93. The van der Waals surface area contributed by atoms with Gasteiger partial charge in [0.15, 0.2) is 0 Å². The summed E-state index contributed by atoms with van der Waals surface area (Å²) in [5.74, 6) is 0.0993. The van der Waals surface area contributed by atoms with Crippen LogP contribution >= 0.6 is 0 Å². The predicted molar refractivity (Wildman–Crippen MR) is 77.1 cm³/mol. The van der Waals surface area contributed by atoms with E-state index < -0.39 is 5.97 Å². The molecule has 110 valence electrons. The van der Waals surface area contributed by atoms with E-state index in [9.17, 15) is 4.79 Å². The van der Waals surface area contributed by atoms with Gasteiger partial charge < -0.3 is 10.4 Å². The van der Waals surface area contributed by atoms with Crippen LogP contribution in [0.2, 0.25) is 0 Å². The summed E-state index contributed by atoms with van der Waals surface area (Å²) in [6, 6.07) is 1.17. The van der Waals surface area contributed by atoms with E-state index in [0.717, 1.165) is 31.6 Å². The van der Waals surface area contributed by atoms with Crippen molar-refractivity contribution in [3.8, 4) is 0 Å². The number of carbonyl (C=O) groups is 1. The van der Waals surface area contributed by atoms with Crippen molar-refractivity contribution in [3.63, 3.8) is 0 Å². The lowest BCUT2D eigenvalue weighted by Crippen LogP contribution is -2.46. The van der Waals surface area contributed by atoms with E-state index in [1.54, 1.807) is 0 Å². The highest BCUT2D eigenvalue weighted by Gasteiger charge is 2.34. The molecule has 2 rings (SSSR count). The van der Waals surface area contributed by atoms with Crippen LogP contribution in [-0.4, -0.2) is 23.2 Å². The highest BCUT2D eigenvalue weighted by molar-refractivity contribution is 5.70. The summed E-state index contributed by atoms with van der Waals surface area (Å²) in [5.41, 5.74) is 0.452. The van der Waals surface area contributed by atoms with Gasteiger partial charge >= 0.3 is 5.97 Å². The Hall–Kier alpha value is -0.570. The average molecular weight is 267 g/mol. The molecule has 0 aliphatic heterocycles. The van der Waals surface area contributed by atoms with Crippen molar-refractivity contribution in [3.05, 3.63) is 0 Å². The molecular weight excluding hydrogens is 238 g/mol. The van der Waals surface area contributed by atoms with E-state index in [1.165, 1.54) is 19.3 Å². The summed E-state index contributed by atoms with van der Waals surface area (Å²) in [4.78, 5) is 11.0. The summed E-state index contributed by atoms with van der Waals surface area (Å²) in [7, 11) is 0. The second kappa shape index (κ2) is 5.82. The largest absolute Gasteiger partial charge is 0.481 e. The SMILES string of the molecule is CC1CC(NC2CCC(C(=O)O)CC2)CC(C)(C)C1. The smallest absolute Gasteiger partial charge is 0.306 e. The summed E-state index contributed by atoms with van der Waals surface area (Å²) in [6.07, 6.45) is 7.62. The fraction of sp³-hybridized carbons (Fsp3) is 0.938. The fourth-order valence-corrected chi connectivity index (χ4v) is 4.31. The molecule has 2 saturated carbocycles. The molecule has 2 fully saturated rings. The van der Waals surface area contributed by atoms with Gasteiger partial charge in [0.05, 0.1) is 5.92 Å². The van der Waals surface area contributed by atoms with Gasteiger partial charge in [0.1, 0.15) is 0 Å². The summed E-state index contributed by atoms with van der Waals surface area (Å²) >= 11 is 0. The first-order valence-corrected chi connectivity index (χ1v) is 7.84. The van der Waals surface area contributed by atoms with Gasteiger partial charge in [0, 0.05) is 12.1 Å².